The predicted octanol–water partition coefficient (Wildman–Crippen LogP) is 3.07. The van der Waals surface area contributed by atoms with Gasteiger partial charge in [0.25, 0.3) is 6.47 Å². The molecule has 24 heavy (non-hydrogen) atoms. The van der Waals surface area contributed by atoms with Crippen LogP contribution >= 0.6 is 0 Å². The molecular weight excluding hydrogens is 321 g/mol. The van der Waals surface area contributed by atoms with Crippen LogP contribution < -0.4 is 11.1 Å². The molecule has 0 spiro atoms. The van der Waals surface area contributed by atoms with Crippen molar-refractivity contribution in [2.24, 2.45) is 5.73 Å². The summed E-state index contributed by atoms with van der Waals surface area (Å²) in [6, 6.07) is 5.37. The van der Waals surface area contributed by atoms with E-state index >= 15 is 0 Å². The Kier molecular flexibility index (Phi) is 7.23. The Bertz CT molecular complexity index is 527. The lowest BCUT2D eigenvalue weighted by molar-refractivity contribution is -0.139. The molecule has 7 heteroatoms. The van der Waals surface area contributed by atoms with Crippen molar-refractivity contribution >= 4 is 6.47 Å². The molecule has 1 aromatic carbocycles. The topological polar surface area (TPSA) is 64.3 Å². The summed E-state index contributed by atoms with van der Waals surface area (Å²) in [7, 11) is 0. The molecule has 1 aliphatic rings. The van der Waals surface area contributed by atoms with Crippen LogP contribution in [0.25, 0.3) is 0 Å². The van der Waals surface area contributed by atoms with Crippen molar-refractivity contribution in [3.63, 3.8) is 0 Å². The third-order valence-corrected chi connectivity index (χ3v) is 3.57. The Labute approximate surface area is 140 Å². The van der Waals surface area contributed by atoms with Gasteiger partial charge in [-0.05, 0) is 45.4 Å². The van der Waals surface area contributed by atoms with Crippen molar-refractivity contribution in [3.05, 3.63) is 35.4 Å². The fourth-order valence-electron chi connectivity index (χ4n) is 2.39. The average molecular weight is 346 g/mol. The van der Waals surface area contributed by atoms with E-state index in [2.05, 4.69) is 10.1 Å². The van der Waals surface area contributed by atoms with E-state index in [1.807, 2.05) is 20.8 Å². The Morgan fingerprint density at radius 2 is 1.96 bits per heavy atom. The Balaban J connectivity index is 0.000000351. The molecule has 0 amide bonds. The van der Waals surface area contributed by atoms with E-state index < -0.39 is 11.7 Å². The van der Waals surface area contributed by atoms with Crippen molar-refractivity contribution in [1.29, 1.82) is 0 Å². The number of hydrogen-bond donors (Lipinski definition) is 2. The highest BCUT2D eigenvalue weighted by atomic mass is 19.4. The first-order chi connectivity index (χ1) is 11.0. The van der Waals surface area contributed by atoms with Crippen LogP contribution in [0.5, 0.6) is 0 Å². The zero-order valence-corrected chi connectivity index (χ0v) is 14.2. The third-order valence-electron chi connectivity index (χ3n) is 3.57. The minimum atomic E-state index is -4.28. The molecule has 2 rings (SSSR count). The maximum atomic E-state index is 12.6. The number of nitrogens with one attached hydrogen (secondary N) is 1. The Hall–Kier alpha value is -1.60. The number of ether oxygens (including phenoxy) is 1. The smallest absolute Gasteiger partial charge is 0.416 e. The first kappa shape index (κ1) is 20.4. The average Bonchev–Trinajstić information content (AvgIpc) is 2.46. The molecule has 0 saturated carbocycles. The monoisotopic (exact) mass is 346 g/mol. The lowest BCUT2D eigenvalue weighted by atomic mass is 9.86. The van der Waals surface area contributed by atoms with E-state index in [1.54, 1.807) is 6.07 Å². The summed E-state index contributed by atoms with van der Waals surface area (Å²) in [5.74, 6) is 0.0125. The van der Waals surface area contributed by atoms with Crippen LogP contribution in [0.4, 0.5) is 13.2 Å². The second-order valence-corrected chi connectivity index (χ2v) is 6.71. The molecular formula is C17H25F3N2O2. The van der Waals surface area contributed by atoms with Gasteiger partial charge in [-0.2, -0.15) is 13.2 Å². The van der Waals surface area contributed by atoms with Gasteiger partial charge in [0, 0.05) is 18.5 Å². The van der Waals surface area contributed by atoms with Gasteiger partial charge in [-0.15, -0.1) is 0 Å². The van der Waals surface area contributed by atoms with E-state index in [1.165, 1.54) is 12.1 Å². The van der Waals surface area contributed by atoms with Crippen LogP contribution in [-0.4, -0.2) is 31.2 Å². The minimum absolute atomic E-state index is 0.0125. The molecule has 3 N–H and O–H groups in total. The van der Waals surface area contributed by atoms with Crippen molar-refractivity contribution in [3.8, 4) is 0 Å². The molecule has 1 aromatic rings. The van der Waals surface area contributed by atoms with Crippen molar-refractivity contribution < 1.29 is 22.7 Å². The van der Waals surface area contributed by atoms with E-state index in [4.69, 9.17) is 5.73 Å². The lowest BCUT2D eigenvalue weighted by Crippen LogP contribution is -2.44. The number of nitrogens with two attached hydrogens (primary N) is 1. The van der Waals surface area contributed by atoms with Crippen LogP contribution in [0.15, 0.2) is 24.3 Å². The quantitative estimate of drug-likeness (QED) is 0.808. The summed E-state index contributed by atoms with van der Waals surface area (Å²) in [6.07, 6.45) is -3.50. The van der Waals surface area contributed by atoms with Gasteiger partial charge < -0.3 is 15.8 Å². The molecule has 1 saturated heterocycles. The van der Waals surface area contributed by atoms with Gasteiger partial charge in [0.1, 0.15) is 5.60 Å². The maximum absolute atomic E-state index is 12.6. The first-order valence-electron chi connectivity index (χ1n) is 7.79. The molecule has 1 fully saturated rings. The van der Waals surface area contributed by atoms with Gasteiger partial charge in [0.2, 0.25) is 0 Å². The fraction of sp³-hybridized carbons (Fsp3) is 0.588. The minimum Gasteiger partial charge on any atom is -0.462 e. The molecule has 0 bridgehead atoms. The zero-order chi connectivity index (χ0) is 18.4. The SMILES string of the molecule is CC(C)(C)OC=O.NC1CNCCC1c1cccc(C(F)(F)F)c1. The number of piperidine rings is 1. The van der Waals surface area contributed by atoms with Gasteiger partial charge in [-0.3, -0.25) is 4.79 Å². The Morgan fingerprint density at radius 3 is 2.42 bits per heavy atom. The molecule has 2 unspecified atom stereocenters. The second kappa shape index (κ2) is 8.48. The number of benzene rings is 1. The number of carbonyl (C=O) groups excluding carboxylic acids is 1. The Morgan fingerprint density at radius 1 is 1.29 bits per heavy atom. The summed E-state index contributed by atoms with van der Waals surface area (Å²) in [5, 5.41) is 3.13. The van der Waals surface area contributed by atoms with Gasteiger partial charge in [0.05, 0.1) is 5.56 Å². The first-order valence-corrected chi connectivity index (χ1v) is 7.79. The molecule has 136 valence electrons. The highest BCUT2D eigenvalue weighted by Crippen LogP contribution is 2.32. The van der Waals surface area contributed by atoms with Gasteiger partial charge in [-0.1, -0.05) is 18.2 Å². The van der Waals surface area contributed by atoms with Crippen LogP contribution in [0.2, 0.25) is 0 Å². The van der Waals surface area contributed by atoms with Crippen molar-refractivity contribution in [2.75, 3.05) is 13.1 Å². The van der Waals surface area contributed by atoms with E-state index in [9.17, 15) is 18.0 Å². The maximum Gasteiger partial charge on any atom is 0.416 e. The van der Waals surface area contributed by atoms with E-state index in [0.717, 1.165) is 19.0 Å². The third kappa shape index (κ3) is 6.88. The highest BCUT2D eigenvalue weighted by molar-refractivity contribution is 5.37. The largest absolute Gasteiger partial charge is 0.462 e. The summed E-state index contributed by atoms with van der Waals surface area (Å²) < 4.78 is 42.3. The normalized spacial score (nSPS) is 21.5. The summed E-state index contributed by atoms with van der Waals surface area (Å²) in [6.45, 7) is 7.37. The number of hydrogen-bond acceptors (Lipinski definition) is 4. The molecule has 1 heterocycles. The molecule has 1 aliphatic heterocycles. The number of alkyl halides is 3. The predicted molar refractivity (Wildman–Crippen MR) is 86.5 cm³/mol. The van der Waals surface area contributed by atoms with Crippen LogP contribution in [0.3, 0.4) is 0 Å². The van der Waals surface area contributed by atoms with Gasteiger partial charge in [-0.25, -0.2) is 0 Å². The lowest BCUT2D eigenvalue weighted by Gasteiger charge is -2.30. The van der Waals surface area contributed by atoms with Crippen LogP contribution in [-0.2, 0) is 15.7 Å². The van der Waals surface area contributed by atoms with Crippen molar-refractivity contribution in [1.82, 2.24) is 5.32 Å². The number of rotatable bonds is 2. The van der Waals surface area contributed by atoms with Crippen molar-refractivity contribution in [2.45, 2.75) is 50.9 Å². The second-order valence-electron chi connectivity index (χ2n) is 6.71. The van der Waals surface area contributed by atoms with E-state index in [-0.39, 0.29) is 17.6 Å². The number of carbonyl (C=O) groups is 1. The van der Waals surface area contributed by atoms with Gasteiger partial charge in [0.15, 0.2) is 0 Å². The van der Waals surface area contributed by atoms with Crippen LogP contribution in [0.1, 0.15) is 44.2 Å². The van der Waals surface area contributed by atoms with Crippen LogP contribution in [0, 0.1) is 0 Å². The van der Waals surface area contributed by atoms with E-state index in [0.29, 0.717) is 18.6 Å². The fourth-order valence-corrected chi connectivity index (χ4v) is 2.39. The molecule has 0 radical (unpaired) electrons. The summed E-state index contributed by atoms with van der Waals surface area (Å²) >= 11 is 0. The molecule has 4 nitrogen and oxygen atoms in total. The zero-order valence-electron chi connectivity index (χ0n) is 14.2. The molecule has 0 aromatic heterocycles. The number of halogens is 3. The highest BCUT2D eigenvalue weighted by Gasteiger charge is 2.32. The summed E-state index contributed by atoms with van der Waals surface area (Å²) in [5.41, 5.74) is 5.70. The standard InChI is InChI=1S/C12H15F3N2.C5H10O2/c13-12(14,15)9-3-1-2-8(6-9)10-4-5-17-7-11(10)16;1-5(2,3)7-4-6/h1-3,6,10-11,17H,4-5,7,16H2;4H,1-3H3. The molecule has 2 atom stereocenters. The van der Waals surface area contributed by atoms with Gasteiger partial charge >= 0.3 is 6.18 Å². The summed E-state index contributed by atoms with van der Waals surface area (Å²) in [4.78, 5) is 9.60. The molecule has 0 aliphatic carbocycles.